The van der Waals surface area contributed by atoms with E-state index in [1.54, 1.807) is 10.9 Å². The molecular formula is C15H18N4O2. The van der Waals surface area contributed by atoms with Gasteiger partial charge < -0.3 is 15.8 Å². The fraction of sp³-hybridized carbons (Fsp3) is 0.333. The smallest absolute Gasteiger partial charge is 0.274 e. The summed E-state index contributed by atoms with van der Waals surface area (Å²) in [4.78, 5) is 12.4. The van der Waals surface area contributed by atoms with Gasteiger partial charge in [-0.05, 0) is 13.0 Å². The van der Waals surface area contributed by atoms with E-state index < -0.39 is 0 Å². The third-order valence-corrected chi connectivity index (χ3v) is 3.59. The van der Waals surface area contributed by atoms with E-state index in [1.165, 1.54) is 0 Å². The second-order valence-electron chi connectivity index (χ2n) is 4.99. The summed E-state index contributed by atoms with van der Waals surface area (Å²) in [5, 5.41) is 7.19. The van der Waals surface area contributed by atoms with E-state index in [9.17, 15) is 4.79 Å². The number of carbonyl (C=O) groups is 1. The van der Waals surface area contributed by atoms with Crippen molar-refractivity contribution in [2.75, 3.05) is 12.3 Å². The lowest BCUT2D eigenvalue weighted by Gasteiger charge is -2.26. The summed E-state index contributed by atoms with van der Waals surface area (Å²) >= 11 is 0. The van der Waals surface area contributed by atoms with Crippen molar-refractivity contribution in [3.63, 3.8) is 0 Å². The normalized spacial score (nSPS) is 16.9. The van der Waals surface area contributed by atoms with Crippen molar-refractivity contribution in [3.8, 4) is 5.75 Å². The highest BCUT2D eigenvalue weighted by molar-refractivity contribution is 5.97. The number of fused-ring (bicyclic) bond motifs is 1. The van der Waals surface area contributed by atoms with Gasteiger partial charge in [-0.3, -0.25) is 9.48 Å². The second kappa shape index (κ2) is 5.47. The van der Waals surface area contributed by atoms with Crippen molar-refractivity contribution >= 4 is 11.6 Å². The highest BCUT2D eigenvalue weighted by Crippen LogP contribution is 2.31. The monoisotopic (exact) mass is 286 g/mol. The molecule has 3 N–H and O–H groups in total. The van der Waals surface area contributed by atoms with Crippen LogP contribution in [0.4, 0.5) is 5.69 Å². The first-order valence-corrected chi connectivity index (χ1v) is 7.04. The topological polar surface area (TPSA) is 82.2 Å². The van der Waals surface area contributed by atoms with E-state index in [0.717, 1.165) is 17.7 Å². The van der Waals surface area contributed by atoms with Gasteiger partial charge in [-0.1, -0.05) is 18.2 Å². The van der Waals surface area contributed by atoms with Crippen molar-refractivity contribution in [3.05, 3.63) is 41.7 Å². The van der Waals surface area contributed by atoms with Crippen molar-refractivity contribution in [2.45, 2.75) is 25.9 Å². The summed E-state index contributed by atoms with van der Waals surface area (Å²) in [5.41, 5.74) is 7.52. The summed E-state index contributed by atoms with van der Waals surface area (Å²) in [7, 11) is 0. The molecule has 3 rings (SSSR count). The number of hydrogen-bond donors (Lipinski definition) is 2. The lowest BCUT2D eigenvalue weighted by atomic mass is 10.0. The van der Waals surface area contributed by atoms with Gasteiger partial charge >= 0.3 is 0 Å². The summed E-state index contributed by atoms with van der Waals surface area (Å²) in [5.74, 6) is 0.572. The van der Waals surface area contributed by atoms with Crippen LogP contribution in [-0.4, -0.2) is 22.3 Å². The maximum absolute atomic E-state index is 12.4. The number of anilines is 1. The fourth-order valence-electron chi connectivity index (χ4n) is 2.49. The van der Waals surface area contributed by atoms with Crippen LogP contribution in [0.5, 0.6) is 5.75 Å². The average Bonchev–Trinajstić information content (AvgIpc) is 2.89. The Morgan fingerprint density at radius 1 is 1.52 bits per heavy atom. The molecule has 1 aromatic carbocycles. The maximum atomic E-state index is 12.4. The molecule has 1 aliphatic heterocycles. The molecule has 1 amide bonds. The SMILES string of the molecule is CCn1cc(N)c(C(=O)NC2CCOc3ccccc32)n1. The molecule has 2 aromatic rings. The van der Waals surface area contributed by atoms with Crippen LogP contribution < -0.4 is 15.8 Å². The molecule has 1 aliphatic rings. The maximum Gasteiger partial charge on any atom is 0.274 e. The molecular weight excluding hydrogens is 268 g/mol. The van der Waals surface area contributed by atoms with Crippen LogP contribution in [0.25, 0.3) is 0 Å². The quantitative estimate of drug-likeness (QED) is 0.900. The first-order valence-electron chi connectivity index (χ1n) is 7.04. The number of rotatable bonds is 3. The van der Waals surface area contributed by atoms with Crippen molar-refractivity contribution in [1.29, 1.82) is 0 Å². The van der Waals surface area contributed by atoms with E-state index in [2.05, 4.69) is 10.4 Å². The predicted octanol–water partition coefficient (Wildman–Crippen LogP) is 1.74. The summed E-state index contributed by atoms with van der Waals surface area (Å²) < 4.78 is 7.25. The molecule has 0 saturated carbocycles. The van der Waals surface area contributed by atoms with E-state index in [4.69, 9.17) is 10.5 Å². The van der Waals surface area contributed by atoms with Crippen LogP contribution >= 0.6 is 0 Å². The zero-order valence-electron chi connectivity index (χ0n) is 11.9. The standard InChI is InChI=1S/C15H18N4O2/c1-2-19-9-11(16)14(18-19)15(20)17-12-7-8-21-13-6-4-3-5-10(12)13/h3-6,9,12H,2,7-8,16H2,1H3,(H,17,20). The van der Waals surface area contributed by atoms with Gasteiger partial charge in [0.15, 0.2) is 5.69 Å². The summed E-state index contributed by atoms with van der Waals surface area (Å²) in [6, 6.07) is 7.66. The number of nitrogen functional groups attached to an aromatic ring is 1. The van der Waals surface area contributed by atoms with Gasteiger partial charge in [0.05, 0.1) is 18.3 Å². The molecule has 6 nitrogen and oxygen atoms in total. The number of para-hydroxylation sites is 1. The van der Waals surface area contributed by atoms with E-state index >= 15 is 0 Å². The molecule has 0 spiro atoms. The molecule has 0 bridgehead atoms. The number of nitrogens with two attached hydrogens (primary N) is 1. The number of nitrogens with one attached hydrogen (secondary N) is 1. The van der Waals surface area contributed by atoms with Crippen molar-refractivity contribution in [2.24, 2.45) is 0 Å². The van der Waals surface area contributed by atoms with Gasteiger partial charge in [0.2, 0.25) is 0 Å². The van der Waals surface area contributed by atoms with Crippen molar-refractivity contribution in [1.82, 2.24) is 15.1 Å². The van der Waals surface area contributed by atoms with Gasteiger partial charge in [-0.15, -0.1) is 0 Å². The molecule has 0 saturated heterocycles. The van der Waals surface area contributed by atoms with E-state index in [-0.39, 0.29) is 17.6 Å². The predicted molar refractivity (Wildman–Crippen MR) is 79.1 cm³/mol. The molecule has 1 unspecified atom stereocenters. The molecule has 0 fully saturated rings. The minimum absolute atomic E-state index is 0.0753. The van der Waals surface area contributed by atoms with E-state index in [1.807, 2.05) is 31.2 Å². The largest absolute Gasteiger partial charge is 0.493 e. The van der Waals surface area contributed by atoms with E-state index in [0.29, 0.717) is 18.8 Å². The molecule has 2 heterocycles. The minimum atomic E-state index is -0.249. The Morgan fingerprint density at radius 2 is 2.33 bits per heavy atom. The Hall–Kier alpha value is -2.50. The fourth-order valence-corrected chi connectivity index (χ4v) is 2.49. The molecule has 1 atom stereocenters. The van der Waals surface area contributed by atoms with Crippen molar-refractivity contribution < 1.29 is 9.53 Å². The third kappa shape index (κ3) is 2.56. The van der Waals surface area contributed by atoms with Gasteiger partial charge in [-0.25, -0.2) is 0 Å². The highest BCUT2D eigenvalue weighted by Gasteiger charge is 2.24. The van der Waals surface area contributed by atoms with Crippen LogP contribution in [-0.2, 0) is 6.54 Å². The molecule has 0 aliphatic carbocycles. The van der Waals surface area contributed by atoms with Crippen LogP contribution in [0, 0.1) is 0 Å². The molecule has 1 aromatic heterocycles. The number of amides is 1. The number of benzene rings is 1. The minimum Gasteiger partial charge on any atom is -0.493 e. The van der Waals surface area contributed by atoms with Crippen LogP contribution in [0.3, 0.4) is 0 Å². The van der Waals surface area contributed by atoms with Crippen LogP contribution in [0.1, 0.15) is 35.4 Å². The molecule has 6 heteroatoms. The Morgan fingerprint density at radius 3 is 3.10 bits per heavy atom. The Balaban J connectivity index is 1.81. The van der Waals surface area contributed by atoms with Crippen LogP contribution in [0.15, 0.2) is 30.5 Å². The Kier molecular flexibility index (Phi) is 3.51. The number of aryl methyl sites for hydroxylation is 1. The summed E-state index contributed by atoms with van der Waals surface area (Å²) in [6.45, 7) is 3.21. The Labute approximate surface area is 122 Å². The number of nitrogens with zero attached hydrogens (tertiary/aromatic N) is 2. The van der Waals surface area contributed by atoms with Gasteiger partial charge in [0, 0.05) is 24.7 Å². The zero-order valence-corrected chi connectivity index (χ0v) is 11.9. The first kappa shape index (κ1) is 13.5. The average molecular weight is 286 g/mol. The highest BCUT2D eigenvalue weighted by atomic mass is 16.5. The lowest BCUT2D eigenvalue weighted by molar-refractivity contribution is 0.0920. The van der Waals surface area contributed by atoms with Gasteiger partial charge in [0.25, 0.3) is 5.91 Å². The van der Waals surface area contributed by atoms with Gasteiger partial charge in [-0.2, -0.15) is 5.10 Å². The van der Waals surface area contributed by atoms with Gasteiger partial charge in [0.1, 0.15) is 5.75 Å². The van der Waals surface area contributed by atoms with Crippen LogP contribution in [0.2, 0.25) is 0 Å². The number of aromatic nitrogens is 2. The molecule has 110 valence electrons. The molecule has 0 radical (unpaired) electrons. The lowest BCUT2D eigenvalue weighted by Crippen LogP contribution is -2.32. The zero-order chi connectivity index (χ0) is 14.8. The Bertz CT molecular complexity index is 665. The summed E-state index contributed by atoms with van der Waals surface area (Å²) in [6.07, 6.45) is 2.41. The number of ether oxygens (including phenoxy) is 1. The molecule has 21 heavy (non-hydrogen) atoms. The first-order chi connectivity index (χ1) is 10.2. The third-order valence-electron chi connectivity index (χ3n) is 3.59. The number of hydrogen-bond acceptors (Lipinski definition) is 4. The second-order valence-corrected chi connectivity index (χ2v) is 4.99. The number of carbonyl (C=O) groups excluding carboxylic acids is 1.